The molecule has 0 saturated heterocycles. The van der Waals surface area contributed by atoms with Gasteiger partial charge in [0.1, 0.15) is 70.1 Å². The van der Waals surface area contributed by atoms with E-state index in [0.29, 0.717) is 0 Å². The number of phenolic OH excluding ortho intramolecular Hbond substituents is 12. The quantitative estimate of drug-likeness (QED) is 0.106. The van der Waals surface area contributed by atoms with Gasteiger partial charge in [-0.2, -0.15) is 0 Å². The largest absolute Gasteiger partial charge is 0.508 e. The highest BCUT2D eigenvalue weighted by molar-refractivity contribution is 5.70. The van der Waals surface area contributed by atoms with Crippen molar-refractivity contribution in [2.24, 2.45) is 0 Å². The summed E-state index contributed by atoms with van der Waals surface area (Å²) in [6.07, 6.45) is -9.93. The van der Waals surface area contributed by atoms with Crippen molar-refractivity contribution in [3.05, 3.63) is 123 Å². The average molecular weight is 867 g/mol. The number of aliphatic hydroxyl groups excluding tert-OH is 3. The third kappa shape index (κ3) is 6.46. The lowest BCUT2D eigenvalue weighted by atomic mass is 9.73. The second-order valence-electron chi connectivity index (χ2n) is 15.7. The molecule has 3 heterocycles. The van der Waals surface area contributed by atoms with E-state index in [1.165, 1.54) is 18.2 Å². The first-order valence-corrected chi connectivity index (χ1v) is 19.3. The van der Waals surface area contributed by atoms with E-state index >= 15 is 0 Å². The van der Waals surface area contributed by atoms with Crippen LogP contribution in [0.15, 0.2) is 78.9 Å². The Morgan fingerprint density at radius 1 is 0.365 bits per heavy atom. The van der Waals surface area contributed by atoms with E-state index in [2.05, 4.69) is 0 Å². The fourth-order valence-corrected chi connectivity index (χ4v) is 8.94. The van der Waals surface area contributed by atoms with Gasteiger partial charge >= 0.3 is 0 Å². The number of ether oxygens (including phenoxy) is 3. The van der Waals surface area contributed by atoms with Crippen LogP contribution in [0.2, 0.25) is 0 Å². The molecule has 0 fully saturated rings. The van der Waals surface area contributed by atoms with E-state index in [9.17, 15) is 76.6 Å². The smallest absolute Gasteiger partial charge is 0.157 e. The fraction of sp³-hybridized carbons (Fsp3) is 0.200. The van der Waals surface area contributed by atoms with Crippen molar-refractivity contribution in [1.82, 2.24) is 0 Å². The summed E-state index contributed by atoms with van der Waals surface area (Å²) in [6.45, 7) is 0. The molecule has 3 aliphatic rings. The summed E-state index contributed by atoms with van der Waals surface area (Å²) in [5.74, 6) is -11.5. The number of benzene rings is 6. The number of rotatable bonds is 5. The molecule has 0 aromatic heterocycles. The second kappa shape index (κ2) is 14.7. The molecule has 6 aromatic rings. The van der Waals surface area contributed by atoms with E-state index in [1.54, 1.807) is 0 Å². The van der Waals surface area contributed by atoms with E-state index < -0.39 is 123 Å². The van der Waals surface area contributed by atoms with Gasteiger partial charge in [0, 0.05) is 58.5 Å². The van der Waals surface area contributed by atoms with Gasteiger partial charge < -0.3 is 90.8 Å². The molecule has 0 unspecified atom stereocenters. The lowest BCUT2D eigenvalue weighted by Gasteiger charge is -2.43. The number of phenols is 12. The molecule has 0 aliphatic carbocycles. The zero-order valence-electron chi connectivity index (χ0n) is 32.3. The van der Waals surface area contributed by atoms with Crippen LogP contribution < -0.4 is 14.2 Å². The lowest BCUT2D eigenvalue weighted by Crippen LogP contribution is -2.39. The van der Waals surface area contributed by atoms with Crippen LogP contribution in [-0.2, 0) is 6.42 Å². The third-order valence-electron chi connectivity index (χ3n) is 11.8. The number of aromatic hydroxyl groups is 12. The molecule has 0 radical (unpaired) electrons. The summed E-state index contributed by atoms with van der Waals surface area (Å²) in [7, 11) is 0. The zero-order valence-corrected chi connectivity index (χ0v) is 32.3. The summed E-state index contributed by atoms with van der Waals surface area (Å²) in [4.78, 5) is 0. The van der Waals surface area contributed by atoms with Crippen molar-refractivity contribution >= 4 is 0 Å². The number of aliphatic hydroxyl groups is 3. The summed E-state index contributed by atoms with van der Waals surface area (Å²) in [5.41, 5.74) is -1.10. The minimum atomic E-state index is -1.90. The Hall–Kier alpha value is -7.80. The monoisotopic (exact) mass is 866 g/mol. The summed E-state index contributed by atoms with van der Waals surface area (Å²) >= 11 is 0. The molecule has 3 aliphatic heterocycles. The Labute approximate surface area is 354 Å². The Balaban J connectivity index is 1.31. The summed E-state index contributed by atoms with van der Waals surface area (Å²) in [6, 6.07) is 14.4. The van der Waals surface area contributed by atoms with Gasteiger partial charge in [0.15, 0.2) is 46.7 Å². The molecule has 0 spiro atoms. The van der Waals surface area contributed by atoms with E-state index in [0.717, 1.165) is 60.7 Å². The molecule has 9 rings (SSSR count). The molecule has 63 heavy (non-hydrogen) atoms. The predicted molar refractivity (Wildman–Crippen MR) is 214 cm³/mol. The molecule has 18 nitrogen and oxygen atoms in total. The first-order valence-electron chi connectivity index (χ1n) is 19.3. The maximum absolute atomic E-state index is 12.5. The molecule has 15 N–H and O–H groups in total. The molecular formula is C45H38O18. The summed E-state index contributed by atoms with van der Waals surface area (Å²) < 4.78 is 18.9. The highest BCUT2D eigenvalue weighted by Gasteiger charge is 2.51. The van der Waals surface area contributed by atoms with E-state index in [1.807, 2.05) is 0 Å². The molecule has 6 aromatic carbocycles. The number of hydrogen-bond acceptors (Lipinski definition) is 18. The molecular weight excluding hydrogens is 828 g/mol. The Bertz CT molecular complexity index is 2840. The van der Waals surface area contributed by atoms with Crippen molar-refractivity contribution in [3.63, 3.8) is 0 Å². The van der Waals surface area contributed by atoms with Gasteiger partial charge in [0.2, 0.25) is 0 Å². The van der Waals surface area contributed by atoms with Crippen molar-refractivity contribution < 1.29 is 90.8 Å². The number of hydrogen-bond donors (Lipinski definition) is 15. The second-order valence-corrected chi connectivity index (χ2v) is 15.7. The molecule has 326 valence electrons. The van der Waals surface area contributed by atoms with Crippen LogP contribution in [0.3, 0.4) is 0 Å². The SMILES string of the molecule is Oc1cc(O)c2c(c1)O[C@H](c1ccc(O)c(O)c1)[C@H](O)[C@@H]2c1c(O)cc(O)c2c1O[C@H](c1ccc(O)c(O)c1)[C@H](O)[C@@H]2c1c(O)cc(O)c2c1O[C@@H](c1ccc(O)c(O)c1)[C@H](O)C2. The lowest BCUT2D eigenvalue weighted by molar-refractivity contribution is -0.00562. The first-order chi connectivity index (χ1) is 29.9. The highest BCUT2D eigenvalue weighted by atomic mass is 16.5. The third-order valence-corrected chi connectivity index (χ3v) is 11.8. The van der Waals surface area contributed by atoms with Gasteiger partial charge in [-0.05, 0) is 53.1 Å². The van der Waals surface area contributed by atoms with Gasteiger partial charge in [-0.1, -0.05) is 18.2 Å². The van der Waals surface area contributed by atoms with Crippen LogP contribution in [0.4, 0.5) is 0 Å². The number of fused-ring (bicyclic) bond motifs is 3. The highest BCUT2D eigenvalue weighted by Crippen LogP contribution is 2.62. The van der Waals surface area contributed by atoms with E-state index in [-0.39, 0.29) is 62.4 Å². The topological polar surface area (TPSA) is 331 Å². The first kappa shape index (κ1) is 40.6. The predicted octanol–water partition coefficient (Wildman–Crippen LogP) is 4.44. The Kier molecular flexibility index (Phi) is 9.46. The zero-order chi connectivity index (χ0) is 44.9. The van der Waals surface area contributed by atoms with Gasteiger partial charge in [-0.3, -0.25) is 0 Å². The maximum Gasteiger partial charge on any atom is 0.157 e. The Morgan fingerprint density at radius 3 is 1.29 bits per heavy atom. The van der Waals surface area contributed by atoms with Gasteiger partial charge in [-0.15, -0.1) is 0 Å². The van der Waals surface area contributed by atoms with E-state index in [4.69, 9.17) is 14.2 Å². The van der Waals surface area contributed by atoms with Gasteiger partial charge in [0.05, 0.1) is 17.9 Å². The van der Waals surface area contributed by atoms with Crippen molar-refractivity contribution in [3.8, 4) is 86.2 Å². The maximum atomic E-state index is 12.5. The standard InChI is InChI=1S/C45H38O18/c46-18-10-27(54)33-32(11-18)61-42(16-2-5-21(48)25(52)8-16)39(59)37(33)35-29(56)14-30(57)36-38(40(60)43(63-45(35)36)17-3-6-22(49)26(53)9-17)34-28(55)13-23(50)19-12-31(58)41(62-44(19)34)15-1-4-20(47)24(51)7-15/h1-11,13-14,31,37-43,46-60H,12H2/t31-,37+,38-,39-,40-,41+,42-,43-/m1/s1. The van der Waals surface area contributed by atoms with Gasteiger partial charge in [-0.25, -0.2) is 0 Å². The van der Waals surface area contributed by atoms with Crippen molar-refractivity contribution in [2.75, 3.05) is 0 Å². The van der Waals surface area contributed by atoms with Crippen LogP contribution in [0, 0.1) is 0 Å². The minimum Gasteiger partial charge on any atom is -0.508 e. The summed E-state index contributed by atoms with van der Waals surface area (Å²) in [5, 5.41) is 166. The molecule has 8 atom stereocenters. The van der Waals surface area contributed by atoms with Gasteiger partial charge in [0.25, 0.3) is 0 Å². The van der Waals surface area contributed by atoms with Crippen LogP contribution in [-0.4, -0.2) is 94.9 Å². The van der Waals surface area contributed by atoms with Crippen molar-refractivity contribution in [2.45, 2.75) is 54.9 Å². The van der Waals surface area contributed by atoms with Crippen LogP contribution >= 0.6 is 0 Å². The van der Waals surface area contributed by atoms with Crippen LogP contribution in [0.25, 0.3) is 0 Å². The minimum absolute atomic E-state index is 0.0127. The fourth-order valence-electron chi connectivity index (χ4n) is 8.94. The molecule has 0 bridgehead atoms. The normalized spacial score (nSPS) is 23.6. The van der Waals surface area contributed by atoms with Crippen LogP contribution in [0.1, 0.15) is 74.7 Å². The molecule has 18 heteroatoms. The van der Waals surface area contributed by atoms with Crippen molar-refractivity contribution in [1.29, 1.82) is 0 Å². The Morgan fingerprint density at radius 2 is 0.778 bits per heavy atom. The van der Waals surface area contributed by atoms with Crippen LogP contribution in [0.5, 0.6) is 86.2 Å². The molecule has 0 saturated carbocycles. The average Bonchev–Trinajstić information content (AvgIpc) is 3.22. The molecule has 0 amide bonds.